The zero-order valence-corrected chi connectivity index (χ0v) is 13.4. The molecule has 2 fully saturated rings. The minimum atomic E-state index is 0.0637. The summed E-state index contributed by atoms with van der Waals surface area (Å²) in [6, 6.07) is 0.613. The van der Waals surface area contributed by atoms with Gasteiger partial charge in [-0.2, -0.15) is 0 Å². The monoisotopic (exact) mass is 281 g/mol. The Balaban J connectivity index is 1.95. The van der Waals surface area contributed by atoms with Gasteiger partial charge in [-0.3, -0.25) is 10.1 Å². The predicted octanol–water partition coefficient (Wildman–Crippen LogP) is 2.20. The maximum atomic E-state index is 12.6. The number of amides is 1. The van der Waals surface area contributed by atoms with E-state index in [1.807, 2.05) is 0 Å². The van der Waals surface area contributed by atoms with E-state index in [1.165, 1.54) is 25.8 Å². The van der Waals surface area contributed by atoms with Crippen molar-refractivity contribution in [1.29, 1.82) is 0 Å². The number of carbonyl (C=O) groups is 1. The maximum absolute atomic E-state index is 12.6. The van der Waals surface area contributed by atoms with Crippen LogP contribution in [0.1, 0.15) is 58.8 Å². The summed E-state index contributed by atoms with van der Waals surface area (Å²) in [5.41, 5.74) is 0. The first-order chi connectivity index (χ1) is 9.67. The fourth-order valence-electron chi connectivity index (χ4n) is 3.52. The number of likely N-dealkylation sites (N-methyl/N-ethyl adjacent to an activating group) is 1. The third-order valence-electron chi connectivity index (χ3n) is 4.91. The lowest BCUT2D eigenvalue weighted by Crippen LogP contribution is -2.48. The molecule has 3 atom stereocenters. The Bertz CT molecular complexity index is 321. The van der Waals surface area contributed by atoms with E-state index in [-0.39, 0.29) is 12.2 Å². The molecule has 0 aliphatic carbocycles. The molecule has 4 heteroatoms. The highest BCUT2D eigenvalue weighted by molar-refractivity contribution is 5.84. The van der Waals surface area contributed by atoms with Gasteiger partial charge < -0.3 is 9.80 Å². The van der Waals surface area contributed by atoms with Crippen molar-refractivity contribution >= 4 is 5.91 Å². The van der Waals surface area contributed by atoms with Crippen molar-refractivity contribution in [2.45, 2.75) is 77.0 Å². The number of carbonyl (C=O) groups excluding carboxylic acids is 1. The minimum Gasteiger partial charge on any atom is -0.324 e. The molecule has 0 aromatic heterocycles. The SMILES string of the molecule is CCCCC1NC(CC)N(CC2CCCCN2C)C1=O. The largest absolute Gasteiger partial charge is 0.324 e. The van der Waals surface area contributed by atoms with Gasteiger partial charge in [0.2, 0.25) is 5.91 Å². The van der Waals surface area contributed by atoms with Crippen LogP contribution in [-0.4, -0.2) is 54.1 Å². The number of unbranched alkanes of at least 4 members (excludes halogenated alkanes) is 1. The molecule has 1 N–H and O–H groups in total. The van der Waals surface area contributed by atoms with E-state index in [2.05, 4.69) is 36.0 Å². The first kappa shape index (κ1) is 15.8. The highest BCUT2D eigenvalue weighted by Gasteiger charge is 2.38. The molecule has 0 aromatic rings. The van der Waals surface area contributed by atoms with Gasteiger partial charge in [0.15, 0.2) is 0 Å². The van der Waals surface area contributed by atoms with Crippen LogP contribution in [-0.2, 0) is 4.79 Å². The molecule has 2 aliphatic rings. The average molecular weight is 281 g/mol. The van der Waals surface area contributed by atoms with Crippen LogP contribution in [0.25, 0.3) is 0 Å². The molecule has 0 bridgehead atoms. The molecule has 0 radical (unpaired) electrons. The summed E-state index contributed by atoms with van der Waals surface area (Å²) in [5, 5.41) is 3.54. The maximum Gasteiger partial charge on any atom is 0.241 e. The van der Waals surface area contributed by atoms with Crippen molar-refractivity contribution in [3.05, 3.63) is 0 Å². The summed E-state index contributed by atoms with van der Waals surface area (Å²) < 4.78 is 0. The molecule has 2 saturated heterocycles. The van der Waals surface area contributed by atoms with E-state index in [1.54, 1.807) is 0 Å². The lowest BCUT2D eigenvalue weighted by atomic mass is 10.0. The van der Waals surface area contributed by atoms with Crippen LogP contribution in [0.3, 0.4) is 0 Å². The Morgan fingerprint density at radius 1 is 1.30 bits per heavy atom. The molecule has 2 rings (SSSR count). The van der Waals surface area contributed by atoms with E-state index in [4.69, 9.17) is 0 Å². The number of rotatable bonds is 6. The van der Waals surface area contributed by atoms with Crippen molar-refractivity contribution in [3.8, 4) is 0 Å². The zero-order chi connectivity index (χ0) is 14.5. The Morgan fingerprint density at radius 3 is 2.75 bits per heavy atom. The van der Waals surface area contributed by atoms with Gasteiger partial charge in [-0.15, -0.1) is 0 Å². The molecule has 0 aromatic carbocycles. The van der Waals surface area contributed by atoms with E-state index in [0.717, 1.165) is 32.2 Å². The highest BCUT2D eigenvalue weighted by atomic mass is 16.2. The van der Waals surface area contributed by atoms with Gasteiger partial charge in [0, 0.05) is 12.6 Å². The smallest absolute Gasteiger partial charge is 0.241 e. The molecule has 20 heavy (non-hydrogen) atoms. The molecular formula is C16H31N3O. The second-order valence-electron chi connectivity index (χ2n) is 6.41. The van der Waals surface area contributed by atoms with E-state index < -0.39 is 0 Å². The normalized spacial score (nSPS) is 32.0. The molecule has 1 amide bonds. The van der Waals surface area contributed by atoms with Gasteiger partial charge in [-0.25, -0.2) is 0 Å². The van der Waals surface area contributed by atoms with Crippen LogP contribution in [0.2, 0.25) is 0 Å². The molecule has 2 aliphatic heterocycles. The number of nitrogens with one attached hydrogen (secondary N) is 1. The molecule has 116 valence electrons. The average Bonchev–Trinajstić information content (AvgIpc) is 2.75. The van der Waals surface area contributed by atoms with Crippen LogP contribution < -0.4 is 5.32 Å². The summed E-state index contributed by atoms with van der Waals surface area (Å²) in [4.78, 5) is 17.2. The van der Waals surface area contributed by atoms with Crippen molar-refractivity contribution < 1.29 is 4.79 Å². The third-order valence-corrected chi connectivity index (χ3v) is 4.91. The van der Waals surface area contributed by atoms with Crippen molar-refractivity contribution in [2.75, 3.05) is 20.1 Å². The third kappa shape index (κ3) is 3.53. The standard InChI is InChI=1S/C16H31N3O/c1-4-6-10-14-16(20)19(15(5-2)17-14)12-13-9-7-8-11-18(13)3/h13-15,17H,4-12H2,1-3H3. The van der Waals surface area contributed by atoms with Gasteiger partial charge in [0.05, 0.1) is 12.2 Å². The molecule has 2 heterocycles. The number of piperidine rings is 1. The molecule has 3 unspecified atom stereocenters. The number of likely N-dealkylation sites (tertiary alicyclic amines) is 1. The van der Waals surface area contributed by atoms with Crippen molar-refractivity contribution in [2.24, 2.45) is 0 Å². The highest BCUT2D eigenvalue weighted by Crippen LogP contribution is 2.22. The fraction of sp³-hybridized carbons (Fsp3) is 0.938. The topological polar surface area (TPSA) is 35.6 Å². The lowest BCUT2D eigenvalue weighted by Gasteiger charge is -2.36. The van der Waals surface area contributed by atoms with Gasteiger partial charge in [-0.05, 0) is 39.3 Å². The fourth-order valence-corrected chi connectivity index (χ4v) is 3.52. The van der Waals surface area contributed by atoms with Gasteiger partial charge in [0.1, 0.15) is 0 Å². The predicted molar refractivity (Wildman–Crippen MR) is 82.5 cm³/mol. The zero-order valence-electron chi connectivity index (χ0n) is 13.4. The Hall–Kier alpha value is -0.610. The van der Waals surface area contributed by atoms with Crippen LogP contribution >= 0.6 is 0 Å². The van der Waals surface area contributed by atoms with Crippen LogP contribution in [0.5, 0.6) is 0 Å². The number of hydrogen-bond donors (Lipinski definition) is 1. The lowest BCUT2D eigenvalue weighted by molar-refractivity contribution is -0.131. The molecular weight excluding hydrogens is 250 g/mol. The number of hydrogen-bond acceptors (Lipinski definition) is 3. The Morgan fingerprint density at radius 2 is 2.10 bits per heavy atom. The van der Waals surface area contributed by atoms with E-state index in [0.29, 0.717) is 11.9 Å². The summed E-state index contributed by atoms with van der Waals surface area (Å²) >= 11 is 0. The van der Waals surface area contributed by atoms with Gasteiger partial charge in [-0.1, -0.05) is 33.1 Å². The molecule has 0 saturated carbocycles. The summed E-state index contributed by atoms with van der Waals surface area (Å²) in [6.45, 7) is 6.44. The van der Waals surface area contributed by atoms with E-state index >= 15 is 0 Å². The summed E-state index contributed by atoms with van der Waals surface area (Å²) in [7, 11) is 2.20. The first-order valence-corrected chi connectivity index (χ1v) is 8.44. The second-order valence-corrected chi connectivity index (χ2v) is 6.41. The van der Waals surface area contributed by atoms with Crippen molar-refractivity contribution in [1.82, 2.24) is 15.1 Å². The van der Waals surface area contributed by atoms with Crippen molar-refractivity contribution in [3.63, 3.8) is 0 Å². The quantitative estimate of drug-likeness (QED) is 0.811. The van der Waals surface area contributed by atoms with Crippen LogP contribution in [0.15, 0.2) is 0 Å². The summed E-state index contributed by atoms with van der Waals surface area (Å²) in [5.74, 6) is 0.337. The minimum absolute atomic E-state index is 0.0637. The van der Waals surface area contributed by atoms with Gasteiger partial charge in [0.25, 0.3) is 0 Å². The second kappa shape index (κ2) is 7.41. The number of nitrogens with zero attached hydrogens (tertiary/aromatic N) is 2. The Kier molecular flexibility index (Phi) is 5.85. The van der Waals surface area contributed by atoms with Crippen LogP contribution in [0.4, 0.5) is 0 Å². The first-order valence-electron chi connectivity index (χ1n) is 8.44. The Labute approximate surface area is 123 Å². The molecule has 4 nitrogen and oxygen atoms in total. The summed E-state index contributed by atoms with van der Waals surface area (Å²) in [6.07, 6.45) is 8.38. The van der Waals surface area contributed by atoms with Gasteiger partial charge >= 0.3 is 0 Å². The van der Waals surface area contributed by atoms with E-state index in [9.17, 15) is 4.79 Å². The molecule has 0 spiro atoms. The van der Waals surface area contributed by atoms with Crippen LogP contribution in [0, 0.1) is 0 Å².